The van der Waals surface area contributed by atoms with Gasteiger partial charge in [0.15, 0.2) is 0 Å². The molecule has 0 saturated carbocycles. The molecule has 0 spiro atoms. The summed E-state index contributed by atoms with van der Waals surface area (Å²) >= 11 is 0. The van der Waals surface area contributed by atoms with Gasteiger partial charge in [0, 0.05) is 37.3 Å². The summed E-state index contributed by atoms with van der Waals surface area (Å²) in [4.78, 5) is 14.4. The topological polar surface area (TPSA) is 61.0 Å². The van der Waals surface area contributed by atoms with Crippen molar-refractivity contribution in [1.82, 2.24) is 20.4 Å². The minimum absolute atomic E-state index is 0.331. The fraction of sp³-hybridized carbons (Fsp3) is 0.714. The van der Waals surface area contributed by atoms with Crippen molar-refractivity contribution in [2.45, 2.75) is 31.6 Å². The maximum Gasteiger partial charge on any atom is 0.222 e. The molecule has 0 aliphatic carbocycles. The third-order valence-corrected chi connectivity index (χ3v) is 4.36. The molecule has 2 N–H and O–H groups in total. The Morgan fingerprint density at radius 3 is 3.16 bits per heavy atom. The number of carbonyl (C=O) groups is 1. The van der Waals surface area contributed by atoms with Gasteiger partial charge in [0.05, 0.1) is 0 Å². The average molecular weight is 262 g/mol. The van der Waals surface area contributed by atoms with Crippen LogP contribution < -0.4 is 5.32 Å². The highest BCUT2D eigenvalue weighted by Crippen LogP contribution is 2.26. The molecule has 5 heteroatoms. The highest BCUT2D eigenvalue weighted by atomic mass is 16.2. The summed E-state index contributed by atoms with van der Waals surface area (Å²) in [5.41, 5.74) is 1.17. The second-order valence-electron chi connectivity index (χ2n) is 5.75. The molecule has 2 unspecified atom stereocenters. The van der Waals surface area contributed by atoms with Crippen molar-refractivity contribution in [3.8, 4) is 0 Å². The largest absolute Gasteiger partial charge is 0.342 e. The monoisotopic (exact) mass is 262 g/mol. The van der Waals surface area contributed by atoms with E-state index in [1.54, 1.807) is 6.20 Å². The van der Waals surface area contributed by atoms with Gasteiger partial charge in [-0.05, 0) is 44.3 Å². The van der Waals surface area contributed by atoms with Gasteiger partial charge < -0.3 is 10.2 Å². The van der Waals surface area contributed by atoms with E-state index >= 15 is 0 Å². The number of hydrogen-bond donors (Lipinski definition) is 2. The molecule has 2 aliphatic rings. The molecule has 3 rings (SSSR count). The first-order valence-electron chi connectivity index (χ1n) is 7.30. The maximum atomic E-state index is 12.3. The van der Waals surface area contributed by atoms with Crippen LogP contribution in [-0.4, -0.2) is 47.2 Å². The van der Waals surface area contributed by atoms with Crippen molar-refractivity contribution in [2.24, 2.45) is 5.92 Å². The number of amides is 1. The van der Waals surface area contributed by atoms with Crippen LogP contribution in [-0.2, 0) is 4.79 Å². The predicted octanol–water partition coefficient (Wildman–Crippen LogP) is 1.12. The number of carbonyl (C=O) groups excluding carboxylic acids is 1. The highest BCUT2D eigenvalue weighted by molar-refractivity contribution is 5.76. The summed E-state index contributed by atoms with van der Waals surface area (Å²) in [5, 5.41) is 10.4. The summed E-state index contributed by atoms with van der Waals surface area (Å²) < 4.78 is 0. The van der Waals surface area contributed by atoms with Crippen LogP contribution in [0.25, 0.3) is 0 Å². The molecule has 1 aromatic rings. The fourth-order valence-corrected chi connectivity index (χ4v) is 3.22. The average Bonchev–Trinajstić information content (AvgIpc) is 3.12. The third-order valence-electron chi connectivity index (χ3n) is 4.36. The summed E-state index contributed by atoms with van der Waals surface area (Å²) in [6, 6.07) is 2.03. The lowest BCUT2D eigenvalue weighted by atomic mass is 9.94. The molecule has 0 radical (unpaired) electrons. The van der Waals surface area contributed by atoms with Gasteiger partial charge in [0.2, 0.25) is 5.91 Å². The lowest BCUT2D eigenvalue weighted by Crippen LogP contribution is -2.40. The Hall–Kier alpha value is -1.36. The number of aromatic nitrogens is 2. The van der Waals surface area contributed by atoms with E-state index in [9.17, 15) is 4.79 Å². The van der Waals surface area contributed by atoms with Crippen molar-refractivity contribution in [3.63, 3.8) is 0 Å². The number of aromatic amines is 1. The first kappa shape index (κ1) is 12.7. The molecule has 2 aliphatic heterocycles. The Balaban J connectivity index is 1.56. The quantitative estimate of drug-likeness (QED) is 0.858. The maximum absolute atomic E-state index is 12.3. The number of nitrogens with zero attached hydrogens (tertiary/aromatic N) is 2. The molecule has 5 nitrogen and oxygen atoms in total. The Labute approximate surface area is 113 Å². The third kappa shape index (κ3) is 2.97. The van der Waals surface area contributed by atoms with Gasteiger partial charge in [0.25, 0.3) is 0 Å². The van der Waals surface area contributed by atoms with Crippen molar-refractivity contribution in [1.29, 1.82) is 0 Å². The van der Waals surface area contributed by atoms with Crippen molar-refractivity contribution < 1.29 is 4.79 Å². The molecule has 0 aromatic carbocycles. The molecular formula is C14H22N4O. The van der Waals surface area contributed by atoms with E-state index < -0.39 is 0 Å². The molecule has 1 aromatic heterocycles. The summed E-state index contributed by atoms with van der Waals surface area (Å²) in [5.74, 6) is 1.31. The van der Waals surface area contributed by atoms with Gasteiger partial charge in [-0.1, -0.05) is 0 Å². The predicted molar refractivity (Wildman–Crippen MR) is 72.7 cm³/mol. The second-order valence-corrected chi connectivity index (χ2v) is 5.75. The number of likely N-dealkylation sites (tertiary alicyclic amines) is 1. The van der Waals surface area contributed by atoms with E-state index in [4.69, 9.17) is 0 Å². The van der Waals surface area contributed by atoms with Crippen molar-refractivity contribution in [3.05, 3.63) is 18.0 Å². The van der Waals surface area contributed by atoms with Crippen LogP contribution in [0.3, 0.4) is 0 Å². The first-order valence-corrected chi connectivity index (χ1v) is 7.30. The summed E-state index contributed by atoms with van der Waals surface area (Å²) in [6.07, 6.45) is 5.89. The van der Waals surface area contributed by atoms with Crippen LogP contribution in [0.15, 0.2) is 12.3 Å². The zero-order valence-corrected chi connectivity index (χ0v) is 11.3. The minimum Gasteiger partial charge on any atom is -0.342 e. The number of piperidine rings is 1. The van der Waals surface area contributed by atoms with Crippen LogP contribution in [0.1, 0.15) is 37.3 Å². The van der Waals surface area contributed by atoms with Gasteiger partial charge in [-0.3, -0.25) is 9.89 Å². The molecule has 19 heavy (non-hydrogen) atoms. The first-order chi connectivity index (χ1) is 9.33. The van der Waals surface area contributed by atoms with Gasteiger partial charge in [-0.2, -0.15) is 5.10 Å². The molecule has 104 valence electrons. The summed E-state index contributed by atoms with van der Waals surface area (Å²) in [6.45, 7) is 3.84. The SMILES string of the molecule is O=C(CC1CCNC1)N1CCCC(c2ccn[nH]2)C1. The second kappa shape index (κ2) is 5.74. The molecule has 0 bridgehead atoms. The Bertz CT molecular complexity index is 411. The lowest BCUT2D eigenvalue weighted by molar-refractivity contribution is -0.133. The normalized spacial score (nSPS) is 27.7. The van der Waals surface area contributed by atoms with Crippen LogP contribution in [0.2, 0.25) is 0 Å². The zero-order valence-electron chi connectivity index (χ0n) is 11.3. The fourth-order valence-electron chi connectivity index (χ4n) is 3.22. The number of hydrogen-bond acceptors (Lipinski definition) is 3. The van der Waals surface area contributed by atoms with Crippen LogP contribution in [0.4, 0.5) is 0 Å². The van der Waals surface area contributed by atoms with E-state index in [1.807, 2.05) is 11.0 Å². The van der Waals surface area contributed by atoms with Crippen molar-refractivity contribution in [2.75, 3.05) is 26.2 Å². The molecule has 2 atom stereocenters. The molecule has 2 saturated heterocycles. The Morgan fingerprint density at radius 1 is 1.47 bits per heavy atom. The Kier molecular flexibility index (Phi) is 3.82. The molecule has 2 fully saturated rings. The Morgan fingerprint density at radius 2 is 2.42 bits per heavy atom. The van der Waals surface area contributed by atoms with E-state index in [0.717, 1.165) is 45.4 Å². The standard InChI is InChI=1S/C14H22N4O/c19-14(8-11-3-5-15-9-11)18-7-1-2-12(10-18)13-4-6-16-17-13/h4,6,11-12,15H,1-3,5,7-10H2,(H,16,17). The number of H-pyrrole nitrogens is 1. The lowest BCUT2D eigenvalue weighted by Gasteiger charge is -2.32. The van der Waals surface area contributed by atoms with E-state index in [-0.39, 0.29) is 0 Å². The molecule has 3 heterocycles. The van der Waals surface area contributed by atoms with E-state index in [0.29, 0.717) is 24.2 Å². The van der Waals surface area contributed by atoms with Crippen LogP contribution in [0, 0.1) is 5.92 Å². The highest BCUT2D eigenvalue weighted by Gasteiger charge is 2.27. The van der Waals surface area contributed by atoms with Gasteiger partial charge >= 0.3 is 0 Å². The molecule has 1 amide bonds. The van der Waals surface area contributed by atoms with E-state index in [2.05, 4.69) is 15.5 Å². The zero-order chi connectivity index (χ0) is 13.1. The van der Waals surface area contributed by atoms with Gasteiger partial charge in [0.1, 0.15) is 0 Å². The smallest absolute Gasteiger partial charge is 0.222 e. The summed E-state index contributed by atoms with van der Waals surface area (Å²) in [7, 11) is 0. The van der Waals surface area contributed by atoms with Crippen LogP contribution in [0.5, 0.6) is 0 Å². The van der Waals surface area contributed by atoms with Crippen molar-refractivity contribution >= 4 is 5.91 Å². The number of rotatable bonds is 3. The van der Waals surface area contributed by atoms with Crippen LogP contribution >= 0.6 is 0 Å². The van der Waals surface area contributed by atoms with E-state index in [1.165, 1.54) is 5.69 Å². The minimum atomic E-state index is 0.331. The molecular weight excluding hydrogens is 240 g/mol. The van der Waals surface area contributed by atoms with Gasteiger partial charge in [-0.25, -0.2) is 0 Å². The van der Waals surface area contributed by atoms with Gasteiger partial charge in [-0.15, -0.1) is 0 Å². The number of nitrogens with one attached hydrogen (secondary N) is 2.